The highest BCUT2D eigenvalue weighted by Crippen LogP contribution is 2.51. The first-order valence-electron chi connectivity index (χ1n) is 11.6. The van der Waals surface area contributed by atoms with Crippen molar-refractivity contribution in [2.45, 2.75) is 44.2 Å². The fraction of sp³-hybridized carbons (Fsp3) is 0.407. The quantitative estimate of drug-likeness (QED) is 0.433. The average molecular weight is 467 g/mol. The number of halogens is 2. The topological polar surface area (TPSA) is 39.3 Å². The molecule has 3 heterocycles. The molecule has 0 bridgehead atoms. The lowest BCUT2D eigenvalue weighted by Crippen LogP contribution is -2.57. The highest BCUT2D eigenvalue weighted by Gasteiger charge is 2.49. The number of nitrogens with zero attached hydrogens (tertiary/aromatic N) is 1. The molecule has 3 aromatic rings. The Morgan fingerprint density at radius 1 is 1.12 bits per heavy atom. The minimum Gasteiger partial charge on any atom is -0.389 e. The van der Waals surface area contributed by atoms with Crippen LogP contribution >= 0.6 is 23.2 Å². The van der Waals surface area contributed by atoms with E-state index in [0.29, 0.717) is 21.9 Å². The summed E-state index contributed by atoms with van der Waals surface area (Å²) in [6.07, 6.45) is 5.68. The van der Waals surface area contributed by atoms with E-state index in [1.165, 1.54) is 22.2 Å². The van der Waals surface area contributed by atoms with Gasteiger partial charge >= 0.3 is 0 Å². The first-order chi connectivity index (χ1) is 15.4. The van der Waals surface area contributed by atoms with Gasteiger partial charge in [-0.05, 0) is 79.3 Å². The van der Waals surface area contributed by atoms with E-state index in [-0.39, 0.29) is 5.54 Å². The predicted molar refractivity (Wildman–Crippen MR) is 132 cm³/mol. The molecule has 2 fully saturated rings. The summed E-state index contributed by atoms with van der Waals surface area (Å²) in [5, 5.41) is 13.5. The molecule has 5 heteroatoms. The van der Waals surface area contributed by atoms with Gasteiger partial charge < -0.3 is 10.1 Å². The molecule has 4 atom stereocenters. The molecule has 1 aromatic heterocycles. The van der Waals surface area contributed by atoms with E-state index in [1.807, 2.05) is 18.2 Å². The summed E-state index contributed by atoms with van der Waals surface area (Å²) in [5.41, 5.74) is 6.28. The molecule has 1 saturated heterocycles. The third-order valence-electron chi connectivity index (χ3n) is 8.21. The molecule has 2 aromatic carbocycles. The second kappa shape index (κ2) is 7.63. The monoisotopic (exact) mass is 466 g/mol. The van der Waals surface area contributed by atoms with Crippen molar-refractivity contribution in [1.29, 1.82) is 0 Å². The Bertz CT molecular complexity index is 1230. The van der Waals surface area contributed by atoms with Crippen molar-refractivity contribution in [1.82, 2.24) is 9.88 Å². The van der Waals surface area contributed by atoms with Crippen molar-refractivity contribution in [3.8, 4) is 0 Å². The number of aromatic amines is 1. The zero-order valence-corrected chi connectivity index (χ0v) is 19.8. The molecule has 0 spiro atoms. The summed E-state index contributed by atoms with van der Waals surface area (Å²) in [6.45, 7) is 4.59. The van der Waals surface area contributed by atoms with Crippen LogP contribution in [0.5, 0.6) is 0 Å². The third-order valence-corrected chi connectivity index (χ3v) is 8.95. The van der Waals surface area contributed by atoms with Gasteiger partial charge in [0, 0.05) is 29.7 Å². The van der Waals surface area contributed by atoms with Gasteiger partial charge in [-0.2, -0.15) is 0 Å². The molecule has 166 valence electrons. The number of fused-ring (bicyclic) bond motifs is 6. The van der Waals surface area contributed by atoms with Gasteiger partial charge in [-0.3, -0.25) is 4.90 Å². The Kier molecular flexibility index (Phi) is 4.96. The first kappa shape index (κ1) is 20.8. The second-order valence-electron chi connectivity index (χ2n) is 10.1. The van der Waals surface area contributed by atoms with Crippen LogP contribution in [0, 0.1) is 11.8 Å². The molecule has 6 rings (SSSR count). The molecule has 32 heavy (non-hydrogen) atoms. The zero-order valence-electron chi connectivity index (χ0n) is 18.2. The minimum atomic E-state index is -0.397. The Balaban J connectivity index is 1.30. The predicted octanol–water partition coefficient (Wildman–Crippen LogP) is 6.42. The fourth-order valence-electron chi connectivity index (χ4n) is 6.56. The Hall–Kier alpha value is -1.78. The van der Waals surface area contributed by atoms with Crippen molar-refractivity contribution in [2.24, 2.45) is 11.8 Å². The Morgan fingerprint density at radius 3 is 2.81 bits per heavy atom. The van der Waals surface area contributed by atoms with E-state index in [0.717, 1.165) is 49.9 Å². The number of nitrogens with one attached hydrogen (secondary N) is 1. The molecule has 2 N–H and O–H groups in total. The van der Waals surface area contributed by atoms with Crippen molar-refractivity contribution in [3.63, 3.8) is 0 Å². The highest BCUT2D eigenvalue weighted by molar-refractivity contribution is 6.42. The van der Waals surface area contributed by atoms with Crippen LogP contribution in [0.4, 0.5) is 0 Å². The number of benzene rings is 2. The summed E-state index contributed by atoms with van der Waals surface area (Å²) in [6, 6.07) is 14.4. The number of hydrogen-bond donors (Lipinski definition) is 2. The maximum Gasteiger partial charge on any atom is 0.0756 e. The van der Waals surface area contributed by atoms with E-state index in [9.17, 15) is 5.11 Å². The maximum absolute atomic E-state index is 11.0. The number of aromatic nitrogens is 1. The van der Waals surface area contributed by atoms with Crippen LogP contribution in [0.25, 0.3) is 17.0 Å². The van der Waals surface area contributed by atoms with Gasteiger partial charge in [0.2, 0.25) is 0 Å². The van der Waals surface area contributed by atoms with E-state index in [1.54, 1.807) is 0 Å². The summed E-state index contributed by atoms with van der Waals surface area (Å²) < 4.78 is 0. The first-order valence-corrected chi connectivity index (χ1v) is 12.4. The van der Waals surface area contributed by atoms with Gasteiger partial charge in [-0.1, -0.05) is 53.5 Å². The van der Waals surface area contributed by atoms with Gasteiger partial charge in [0.05, 0.1) is 21.7 Å². The number of para-hydroxylation sites is 1. The van der Waals surface area contributed by atoms with Crippen LogP contribution in [-0.4, -0.2) is 34.2 Å². The number of piperidine rings is 1. The summed E-state index contributed by atoms with van der Waals surface area (Å²) in [5.74, 6) is 1.10. The van der Waals surface area contributed by atoms with Crippen molar-refractivity contribution < 1.29 is 5.11 Å². The van der Waals surface area contributed by atoms with Crippen molar-refractivity contribution in [2.75, 3.05) is 13.1 Å². The van der Waals surface area contributed by atoms with Gasteiger partial charge in [-0.25, -0.2) is 0 Å². The molecular formula is C27H28Cl2N2O. The van der Waals surface area contributed by atoms with Gasteiger partial charge in [0.1, 0.15) is 0 Å². The smallest absolute Gasteiger partial charge is 0.0756 e. The van der Waals surface area contributed by atoms with Crippen LogP contribution < -0.4 is 0 Å². The van der Waals surface area contributed by atoms with E-state index in [2.05, 4.69) is 47.1 Å². The molecule has 1 saturated carbocycles. The van der Waals surface area contributed by atoms with Crippen LogP contribution in [0.1, 0.15) is 43.0 Å². The normalized spacial score (nSPS) is 31.4. The van der Waals surface area contributed by atoms with Crippen molar-refractivity contribution in [3.05, 3.63) is 74.9 Å². The van der Waals surface area contributed by atoms with Crippen LogP contribution in [0.3, 0.4) is 0 Å². The second-order valence-corrected chi connectivity index (χ2v) is 10.9. The van der Waals surface area contributed by atoms with Crippen molar-refractivity contribution >= 4 is 40.2 Å². The van der Waals surface area contributed by atoms with E-state index in [4.69, 9.17) is 23.2 Å². The van der Waals surface area contributed by atoms with Gasteiger partial charge in [0.25, 0.3) is 0 Å². The SMILES string of the molecule is C[C@@]12CC3C[C@H](O)/C(=C/c4ccc(Cl)c(Cl)c4)CC3CN1CCc1c2[nH]c2ccccc12. The fourth-order valence-corrected chi connectivity index (χ4v) is 6.87. The number of H-pyrrole nitrogens is 1. The standard InChI is InChI=1S/C27H28Cl2N2O/c1-27-14-18-13-25(32)17(10-16-6-7-22(28)23(29)11-16)12-19(18)15-31(27)9-8-21-20-4-2-3-5-24(20)30-26(21)27/h2-7,10-11,18-19,25,30,32H,8-9,12-15H2,1H3/b17-10+/t18?,19?,25-,27-/m0/s1. The lowest BCUT2D eigenvalue weighted by molar-refractivity contribution is -0.0402. The third kappa shape index (κ3) is 3.25. The number of aliphatic hydroxyl groups excluding tert-OH is 1. The van der Waals surface area contributed by atoms with Crippen LogP contribution in [0.15, 0.2) is 48.0 Å². The molecule has 0 radical (unpaired) electrons. The largest absolute Gasteiger partial charge is 0.389 e. The molecule has 2 unspecified atom stereocenters. The molecule has 1 aliphatic carbocycles. The van der Waals surface area contributed by atoms with Crippen LogP contribution in [0.2, 0.25) is 10.0 Å². The van der Waals surface area contributed by atoms with Gasteiger partial charge in [0.15, 0.2) is 0 Å². The number of rotatable bonds is 1. The highest BCUT2D eigenvalue weighted by atomic mass is 35.5. The summed E-state index contributed by atoms with van der Waals surface area (Å²) in [7, 11) is 0. The Labute approximate surface area is 199 Å². The number of hydrogen-bond acceptors (Lipinski definition) is 2. The molecule has 2 aliphatic heterocycles. The average Bonchev–Trinajstić information content (AvgIpc) is 3.16. The lowest BCUT2D eigenvalue weighted by Gasteiger charge is -2.55. The van der Waals surface area contributed by atoms with E-state index < -0.39 is 6.10 Å². The molecule has 0 amide bonds. The summed E-state index contributed by atoms with van der Waals surface area (Å²) >= 11 is 12.3. The molecule has 3 aliphatic rings. The Morgan fingerprint density at radius 2 is 1.97 bits per heavy atom. The number of aliphatic hydroxyl groups is 1. The summed E-state index contributed by atoms with van der Waals surface area (Å²) in [4.78, 5) is 6.47. The van der Waals surface area contributed by atoms with Gasteiger partial charge in [-0.15, -0.1) is 0 Å². The molecule has 3 nitrogen and oxygen atoms in total. The maximum atomic E-state index is 11.0. The lowest BCUT2D eigenvalue weighted by atomic mass is 9.64. The molecular weight excluding hydrogens is 439 g/mol. The zero-order chi connectivity index (χ0) is 22.0. The van der Waals surface area contributed by atoms with E-state index >= 15 is 0 Å². The van der Waals surface area contributed by atoms with Crippen LogP contribution in [-0.2, 0) is 12.0 Å². The minimum absolute atomic E-state index is 0.0123.